The fourth-order valence-electron chi connectivity index (χ4n) is 4.84. The Balaban J connectivity index is 1.19. The maximum absolute atomic E-state index is 12.6. The van der Waals surface area contributed by atoms with E-state index in [0.29, 0.717) is 37.2 Å². The summed E-state index contributed by atoms with van der Waals surface area (Å²) in [6.07, 6.45) is 1.32. The zero-order chi connectivity index (χ0) is 30.1. The van der Waals surface area contributed by atoms with Gasteiger partial charge in [-0.05, 0) is 58.7 Å². The Morgan fingerprint density at radius 2 is 1.00 bits per heavy atom. The number of esters is 2. The second-order valence-corrected chi connectivity index (χ2v) is 13.0. The first-order valence-corrected chi connectivity index (χ1v) is 14.3. The van der Waals surface area contributed by atoms with Crippen molar-refractivity contribution in [2.45, 2.75) is 12.8 Å². The van der Waals surface area contributed by atoms with Crippen molar-refractivity contribution in [3.63, 3.8) is 0 Å². The summed E-state index contributed by atoms with van der Waals surface area (Å²) < 4.78 is 12.4. The number of aliphatic imine (C=N–C) groups is 2. The molecule has 0 spiro atoms. The van der Waals surface area contributed by atoms with E-state index in [4.69, 9.17) is 19.5 Å². The number of carbonyl (C=O) groups is 2. The quantitative estimate of drug-likeness (QED) is 0.261. The monoisotopic (exact) mass is 568 g/mol. The van der Waals surface area contributed by atoms with Crippen LogP contribution in [0.1, 0.15) is 43.0 Å². The highest BCUT2D eigenvalue weighted by Gasteiger charge is 2.22. The maximum atomic E-state index is 12.6. The lowest BCUT2D eigenvalue weighted by Crippen LogP contribution is -2.38. The van der Waals surface area contributed by atoms with Gasteiger partial charge in [0, 0.05) is 12.8 Å². The lowest BCUT2D eigenvalue weighted by atomic mass is 9.99. The molecule has 5 rings (SSSR count). The molecule has 8 heteroatoms. The molecule has 0 unspecified atom stereocenters. The molecular formula is C34H40N4O4+2. The Bertz CT molecular complexity index is 1460. The summed E-state index contributed by atoms with van der Waals surface area (Å²) in [4.78, 5) is 34.8. The van der Waals surface area contributed by atoms with Gasteiger partial charge < -0.3 is 18.4 Å². The van der Waals surface area contributed by atoms with Gasteiger partial charge in [0.15, 0.2) is 0 Å². The van der Waals surface area contributed by atoms with E-state index in [1.807, 2.05) is 24.3 Å². The highest BCUT2D eigenvalue weighted by molar-refractivity contribution is 6.10. The van der Waals surface area contributed by atoms with E-state index in [9.17, 15) is 9.59 Å². The van der Waals surface area contributed by atoms with Gasteiger partial charge in [0.05, 0.1) is 76.2 Å². The smallest absolute Gasteiger partial charge is 0.338 e. The van der Waals surface area contributed by atoms with E-state index in [0.717, 1.165) is 67.1 Å². The van der Waals surface area contributed by atoms with Crippen molar-refractivity contribution in [2.24, 2.45) is 9.98 Å². The number of quaternary nitrogens is 2. The van der Waals surface area contributed by atoms with Crippen molar-refractivity contribution in [1.29, 1.82) is 0 Å². The van der Waals surface area contributed by atoms with E-state index in [1.165, 1.54) is 0 Å². The molecule has 3 aromatic carbocycles. The van der Waals surface area contributed by atoms with Gasteiger partial charge >= 0.3 is 11.9 Å². The molecule has 0 saturated heterocycles. The van der Waals surface area contributed by atoms with Crippen LogP contribution < -0.4 is 0 Å². The molecule has 0 atom stereocenters. The van der Waals surface area contributed by atoms with Gasteiger partial charge in [0.25, 0.3) is 0 Å². The van der Waals surface area contributed by atoms with Gasteiger partial charge in [0.2, 0.25) is 0 Å². The third kappa shape index (κ3) is 7.19. The number of rotatable bonds is 10. The average Bonchev–Trinajstić information content (AvgIpc) is 3.55. The maximum Gasteiger partial charge on any atom is 0.338 e. The van der Waals surface area contributed by atoms with Gasteiger partial charge in [-0.2, -0.15) is 0 Å². The van der Waals surface area contributed by atoms with Crippen LogP contribution in [0.2, 0.25) is 0 Å². The Morgan fingerprint density at radius 1 is 0.619 bits per heavy atom. The van der Waals surface area contributed by atoms with Crippen LogP contribution in [0.15, 0.2) is 70.6 Å². The largest absolute Gasteiger partial charge is 0.456 e. The van der Waals surface area contributed by atoms with Crippen molar-refractivity contribution < 1.29 is 28.0 Å². The van der Waals surface area contributed by atoms with Crippen LogP contribution in [0.3, 0.4) is 0 Å². The number of ether oxygens (including phenoxy) is 2. The Hall–Kier alpha value is -4.14. The molecule has 0 fully saturated rings. The number of carbonyl (C=O) groups excluding carboxylic acids is 2. The highest BCUT2D eigenvalue weighted by atomic mass is 16.5. The van der Waals surface area contributed by atoms with Gasteiger partial charge in [-0.25, -0.2) is 9.59 Å². The normalized spacial score (nSPS) is 14.1. The summed E-state index contributed by atoms with van der Waals surface area (Å²) in [6.45, 7) is 2.28. The van der Waals surface area contributed by atoms with Crippen LogP contribution in [-0.2, 0) is 22.3 Å². The first kappa shape index (κ1) is 29.4. The molecule has 42 heavy (non-hydrogen) atoms. The molecule has 2 heterocycles. The summed E-state index contributed by atoms with van der Waals surface area (Å²) in [5.74, 6) is -0.600. The predicted octanol–water partition coefficient (Wildman–Crippen LogP) is 4.77. The summed E-state index contributed by atoms with van der Waals surface area (Å²) in [5, 5.41) is 0. The molecule has 0 N–H and O–H groups in total. The van der Waals surface area contributed by atoms with Crippen molar-refractivity contribution in [3.8, 4) is 0 Å². The molecule has 0 radical (unpaired) electrons. The number of fused-ring (bicyclic) bond motifs is 2. The molecule has 3 aromatic rings. The van der Waals surface area contributed by atoms with Crippen molar-refractivity contribution in [1.82, 2.24) is 0 Å². The van der Waals surface area contributed by atoms with Gasteiger partial charge in [-0.15, -0.1) is 0 Å². The van der Waals surface area contributed by atoms with Gasteiger partial charge in [-0.3, -0.25) is 9.98 Å². The third-order valence-corrected chi connectivity index (χ3v) is 7.40. The van der Waals surface area contributed by atoms with Crippen LogP contribution in [0.25, 0.3) is 0 Å². The zero-order valence-corrected chi connectivity index (χ0v) is 25.4. The topological polar surface area (TPSA) is 77.3 Å². The average molecular weight is 569 g/mol. The molecule has 218 valence electrons. The predicted molar refractivity (Wildman–Crippen MR) is 165 cm³/mol. The fraction of sp³-hybridized carbons (Fsp3) is 0.353. The lowest BCUT2D eigenvalue weighted by molar-refractivity contribution is -0.870. The molecule has 8 nitrogen and oxygen atoms in total. The number of nitrogens with zero attached hydrogens (tertiary/aromatic N) is 4. The van der Waals surface area contributed by atoms with Crippen molar-refractivity contribution in [3.05, 3.63) is 94.0 Å². The number of likely N-dealkylation sites (N-methyl/N-ethyl adjacent to an activating group) is 2. The summed E-state index contributed by atoms with van der Waals surface area (Å²) in [7, 11) is 12.4. The van der Waals surface area contributed by atoms with E-state index < -0.39 is 0 Å². The van der Waals surface area contributed by atoms with E-state index in [2.05, 4.69) is 66.6 Å². The van der Waals surface area contributed by atoms with E-state index in [1.54, 1.807) is 12.1 Å². The second-order valence-electron chi connectivity index (χ2n) is 13.0. The Kier molecular flexibility index (Phi) is 8.12. The molecule has 2 aliphatic heterocycles. The molecule has 0 bridgehead atoms. The molecule has 2 aliphatic rings. The van der Waals surface area contributed by atoms with Gasteiger partial charge in [0.1, 0.15) is 26.3 Å². The van der Waals surface area contributed by atoms with E-state index in [-0.39, 0.29) is 11.9 Å². The minimum absolute atomic E-state index is 0.300. The van der Waals surface area contributed by atoms with Crippen LogP contribution >= 0.6 is 0 Å². The number of hydrogen-bond acceptors (Lipinski definition) is 6. The summed E-state index contributed by atoms with van der Waals surface area (Å²) >= 11 is 0. The summed E-state index contributed by atoms with van der Waals surface area (Å²) in [6, 6.07) is 19.4. The fourth-order valence-corrected chi connectivity index (χ4v) is 4.84. The van der Waals surface area contributed by atoms with E-state index >= 15 is 0 Å². The van der Waals surface area contributed by atoms with Crippen LogP contribution in [-0.4, -0.2) is 101 Å². The van der Waals surface area contributed by atoms with Crippen LogP contribution in [0, 0.1) is 0 Å². The number of benzene rings is 3. The molecular weight excluding hydrogens is 528 g/mol. The molecule has 0 aromatic heterocycles. The van der Waals surface area contributed by atoms with Crippen molar-refractivity contribution in [2.75, 3.05) is 68.6 Å². The van der Waals surface area contributed by atoms with Crippen LogP contribution in [0.5, 0.6) is 0 Å². The van der Waals surface area contributed by atoms with Crippen molar-refractivity contribution >= 4 is 34.7 Å². The molecule has 0 amide bonds. The first-order chi connectivity index (χ1) is 19.8. The molecule has 0 saturated carbocycles. The minimum Gasteiger partial charge on any atom is -0.456 e. The minimum atomic E-state index is -0.300. The Labute approximate surface area is 248 Å². The van der Waals surface area contributed by atoms with Crippen LogP contribution in [0.4, 0.5) is 11.4 Å². The SMILES string of the molecule is C[N+](C)(C)CCOC(=O)c1ccc2c(c1)CC(c1ccc(C3=Nc4ccc(C(=O)OCC[N+](C)(C)C)cc4C3)cc1)=N2. The number of hydrogen-bond donors (Lipinski definition) is 0. The zero-order valence-electron chi connectivity index (χ0n) is 25.4. The Morgan fingerprint density at radius 3 is 1.36 bits per heavy atom. The lowest BCUT2D eigenvalue weighted by Gasteiger charge is -2.23. The first-order valence-electron chi connectivity index (χ1n) is 14.3. The standard InChI is InChI=1S/C34H40N4O4/c1-37(2,3)15-17-41-33(39)25-11-13-29-27(19-25)21-31(35-29)23-7-9-24(10-8-23)32-22-28-20-26(12-14-30(28)36-32)34(40)42-18-16-38(4,5)6/h7-14,19-20H,15-18,21-22H2,1-6H3/q+2. The second kappa shape index (κ2) is 11.6. The third-order valence-electron chi connectivity index (χ3n) is 7.40. The summed E-state index contributed by atoms with van der Waals surface area (Å²) in [5.41, 5.74) is 8.96. The molecule has 0 aliphatic carbocycles. The van der Waals surface area contributed by atoms with Gasteiger partial charge in [-0.1, -0.05) is 24.3 Å². The highest BCUT2D eigenvalue weighted by Crippen LogP contribution is 2.32.